The summed E-state index contributed by atoms with van der Waals surface area (Å²) in [5.74, 6) is 0.211. The monoisotopic (exact) mass is 255 g/mol. The maximum atomic E-state index is 12.9. The fourth-order valence-corrected chi connectivity index (χ4v) is 1.55. The Kier molecular flexibility index (Phi) is 6.09. The Bertz CT molecular complexity index is 369. The third kappa shape index (κ3) is 5.47. The second-order valence-corrected chi connectivity index (χ2v) is 4.93. The zero-order chi connectivity index (χ0) is 13.5. The fourth-order valence-electron chi connectivity index (χ4n) is 1.55. The van der Waals surface area contributed by atoms with Crippen LogP contribution in [-0.4, -0.2) is 31.0 Å². The molecule has 0 amide bonds. The van der Waals surface area contributed by atoms with E-state index in [0.29, 0.717) is 25.7 Å². The SMILES string of the molecule is Cc1cc(F)ccc1NCC(O)COCC(C)C. The second-order valence-electron chi connectivity index (χ2n) is 4.93. The summed E-state index contributed by atoms with van der Waals surface area (Å²) >= 11 is 0. The molecule has 0 saturated heterocycles. The Labute approximate surface area is 108 Å². The lowest BCUT2D eigenvalue weighted by Crippen LogP contribution is -2.25. The lowest BCUT2D eigenvalue weighted by atomic mass is 10.2. The van der Waals surface area contributed by atoms with Gasteiger partial charge in [-0.05, 0) is 36.6 Å². The van der Waals surface area contributed by atoms with Crippen LogP contribution in [0.4, 0.5) is 10.1 Å². The van der Waals surface area contributed by atoms with E-state index < -0.39 is 6.10 Å². The van der Waals surface area contributed by atoms with Gasteiger partial charge in [-0.3, -0.25) is 0 Å². The molecule has 3 nitrogen and oxygen atoms in total. The molecule has 1 atom stereocenters. The molecule has 0 heterocycles. The molecule has 0 spiro atoms. The molecule has 0 aliphatic rings. The Hall–Kier alpha value is -1.13. The molecule has 2 N–H and O–H groups in total. The predicted molar refractivity (Wildman–Crippen MR) is 71.3 cm³/mol. The van der Waals surface area contributed by atoms with Gasteiger partial charge >= 0.3 is 0 Å². The third-order valence-electron chi connectivity index (χ3n) is 2.48. The summed E-state index contributed by atoms with van der Waals surface area (Å²) in [6.07, 6.45) is -0.562. The van der Waals surface area contributed by atoms with Crippen molar-refractivity contribution in [1.29, 1.82) is 0 Å². The number of hydrogen-bond donors (Lipinski definition) is 2. The molecule has 4 heteroatoms. The van der Waals surface area contributed by atoms with Crippen molar-refractivity contribution < 1.29 is 14.2 Å². The van der Waals surface area contributed by atoms with Gasteiger partial charge in [-0.1, -0.05) is 13.8 Å². The van der Waals surface area contributed by atoms with E-state index >= 15 is 0 Å². The number of rotatable bonds is 7. The van der Waals surface area contributed by atoms with Crippen LogP contribution in [0.25, 0.3) is 0 Å². The van der Waals surface area contributed by atoms with Crippen molar-refractivity contribution >= 4 is 5.69 Å². The summed E-state index contributed by atoms with van der Waals surface area (Å²) in [5, 5.41) is 12.8. The third-order valence-corrected chi connectivity index (χ3v) is 2.48. The van der Waals surface area contributed by atoms with Crippen LogP contribution in [0.2, 0.25) is 0 Å². The Balaban J connectivity index is 2.31. The number of aliphatic hydroxyl groups excluding tert-OH is 1. The van der Waals surface area contributed by atoms with Crippen molar-refractivity contribution in [3.05, 3.63) is 29.6 Å². The van der Waals surface area contributed by atoms with Gasteiger partial charge in [-0.15, -0.1) is 0 Å². The highest BCUT2D eigenvalue weighted by Gasteiger charge is 2.06. The molecule has 1 unspecified atom stereocenters. The highest BCUT2D eigenvalue weighted by Crippen LogP contribution is 2.15. The van der Waals surface area contributed by atoms with Crippen LogP contribution in [0.1, 0.15) is 19.4 Å². The number of halogens is 1. The number of ether oxygens (including phenoxy) is 1. The van der Waals surface area contributed by atoms with Gasteiger partial charge in [-0.25, -0.2) is 4.39 Å². The maximum absolute atomic E-state index is 12.9. The molecule has 0 aromatic heterocycles. The van der Waals surface area contributed by atoms with E-state index in [0.717, 1.165) is 11.3 Å². The zero-order valence-electron chi connectivity index (χ0n) is 11.2. The molecule has 18 heavy (non-hydrogen) atoms. The summed E-state index contributed by atoms with van der Waals surface area (Å²) in [6, 6.07) is 4.54. The van der Waals surface area contributed by atoms with Crippen molar-refractivity contribution in [1.82, 2.24) is 0 Å². The van der Waals surface area contributed by atoms with E-state index in [4.69, 9.17) is 4.74 Å². The van der Waals surface area contributed by atoms with E-state index in [-0.39, 0.29) is 5.82 Å². The van der Waals surface area contributed by atoms with E-state index in [1.807, 2.05) is 6.92 Å². The van der Waals surface area contributed by atoms with Gasteiger partial charge in [0, 0.05) is 18.8 Å². The van der Waals surface area contributed by atoms with Gasteiger partial charge in [-0.2, -0.15) is 0 Å². The number of aliphatic hydroxyl groups is 1. The zero-order valence-corrected chi connectivity index (χ0v) is 11.2. The molecule has 0 bridgehead atoms. The van der Waals surface area contributed by atoms with Gasteiger partial charge in [0.15, 0.2) is 0 Å². The molecular formula is C14H22FNO2. The Morgan fingerprint density at radius 1 is 1.33 bits per heavy atom. The minimum atomic E-state index is -0.562. The first kappa shape index (κ1) is 14.9. The molecular weight excluding hydrogens is 233 g/mol. The van der Waals surface area contributed by atoms with Crippen molar-refractivity contribution in [2.24, 2.45) is 5.92 Å². The first-order chi connectivity index (χ1) is 8.49. The first-order valence-electron chi connectivity index (χ1n) is 6.25. The van der Waals surface area contributed by atoms with Crippen molar-refractivity contribution in [3.63, 3.8) is 0 Å². The molecule has 1 aromatic rings. The van der Waals surface area contributed by atoms with Crippen LogP contribution in [-0.2, 0) is 4.74 Å². The van der Waals surface area contributed by atoms with Crippen molar-refractivity contribution in [2.45, 2.75) is 26.9 Å². The van der Waals surface area contributed by atoms with Crippen LogP contribution >= 0.6 is 0 Å². The highest BCUT2D eigenvalue weighted by atomic mass is 19.1. The molecule has 0 fully saturated rings. The molecule has 0 radical (unpaired) electrons. The predicted octanol–water partition coefficient (Wildman–Crippen LogP) is 2.58. The summed E-state index contributed by atoms with van der Waals surface area (Å²) in [4.78, 5) is 0. The standard InChI is InChI=1S/C14H22FNO2/c1-10(2)8-18-9-13(17)7-16-14-5-4-12(15)6-11(14)3/h4-6,10,13,16-17H,7-9H2,1-3H3. The van der Waals surface area contributed by atoms with Gasteiger partial charge in [0.2, 0.25) is 0 Å². The summed E-state index contributed by atoms with van der Waals surface area (Å²) < 4.78 is 18.2. The van der Waals surface area contributed by atoms with Gasteiger partial charge in [0.05, 0.1) is 12.7 Å². The lowest BCUT2D eigenvalue weighted by Gasteiger charge is -2.15. The molecule has 0 aliphatic carbocycles. The maximum Gasteiger partial charge on any atom is 0.123 e. The van der Waals surface area contributed by atoms with E-state index in [1.54, 1.807) is 6.07 Å². The number of nitrogens with one attached hydrogen (secondary N) is 1. The largest absolute Gasteiger partial charge is 0.389 e. The minimum absolute atomic E-state index is 0.251. The molecule has 0 aliphatic heterocycles. The lowest BCUT2D eigenvalue weighted by molar-refractivity contribution is 0.0318. The summed E-state index contributed by atoms with van der Waals surface area (Å²) in [7, 11) is 0. The van der Waals surface area contributed by atoms with Crippen LogP contribution in [0, 0.1) is 18.7 Å². The fraction of sp³-hybridized carbons (Fsp3) is 0.571. The number of aryl methyl sites for hydroxylation is 1. The van der Waals surface area contributed by atoms with Crippen molar-refractivity contribution in [3.8, 4) is 0 Å². The number of anilines is 1. The number of benzene rings is 1. The van der Waals surface area contributed by atoms with Gasteiger partial charge in [0.1, 0.15) is 5.82 Å². The molecule has 1 rings (SSSR count). The Morgan fingerprint density at radius 3 is 2.67 bits per heavy atom. The second kappa shape index (κ2) is 7.34. The van der Waals surface area contributed by atoms with Crippen LogP contribution < -0.4 is 5.32 Å². The number of hydrogen-bond acceptors (Lipinski definition) is 3. The average Bonchev–Trinajstić information content (AvgIpc) is 2.27. The summed E-state index contributed by atoms with van der Waals surface area (Å²) in [5.41, 5.74) is 1.66. The topological polar surface area (TPSA) is 41.5 Å². The van der Waals surface area contributed by atoms with Crippen LogP contribution in [0.15, 0.2) is 18.2 Å². The molecule has 102 valence electrons. The quantitative estimate of drug-likeness (QED) is 0.787. The summed E-state index contributed by atoms with van der Waals surface area (Å²) in [6.45, 7) is 7.30. The van der Waals surface area contributed by atoms with E-state index in [1.165, 1.54) is 12.1 Å². The van der Waals surface area contributed by atoms with E-state index in [2.05, 4.69) is 19.2 Å². The van der Waals surface area contributed by atoms with Crippen LogP contribution in [0.3, 0.4) is 0 Å². The molecule has 1 aromatic carbocycles. The first-order valence-corrected chi connectivity index (χ1v) is 6.25. The van der Waals surface area contributed by atoms with E-state index in [9.17, 15) is 9.50 Å². The van der Waals surface area contributed by atoms with Gasteiger partial charge in [0.25, 0.3) is 0 Å². The highest BCUT2D eigenvalue weighted by molar-refractivity contribution is 5.50. The Morgan fingerprint density at radius 2 is 2.06 bits per heavy atom. The normalized spacial score (nSPS) is 12.8. The van der Waals surface area contributed by atoms with Gasteiger partial charge < -0.3 is 15.2 Å². The van der Waals surface area contributed by atoms with Crippen molar-refractivity contribution in [2.75, 3.05) is 25.1 Å². The smallest absolute Gasteiger partial charge is 0.123 e. The minimum Gasteiger partial charge on any atom is -0.389 e. The molecule has 0 saturated carbocycles. The average molecular weight is 255 g/mol. The van der Waals surface area contributed by atoms with Crippen LogP contribution in [0.5, 0.6) is 0 Å².